The number of nitrogens with zero attached hydrogens (tertiary/aromatic N) is 4. The molecule has 5 N–H and O–H groups in total. The second kappa shape index (κ2) is 30.8. The van der Waals surface area contributed by atoms with Crippen molar-refractivity contribution in [2.45, 2.75) is 67.2 Å². The number of pyridine rings is 2. The lowest BCUT2D eigenvalue weighted by Crippen LogP contribution is -2.34. The molecule has 0 aliphatic heterocycles. The van der Waals surface area contributed by atoms with E-state index in [0.717, 1.165) is 86.8 Å². The molecule has 0 radical (unpaired) electrons. The third-order valence-electron chi connectivity index (χ3n) is 9.78. The van der Waals surface area contributed by atoms with E-state index in [2.05, 4.69) is 71.9 Å². The van der Waals surface area contributed by atoms with Gasteiger partial charge in [-0.1, -0.05) is 103 Å². The van der Waals surface area contributed by atoms with Crippen molar-refractivity contribution < 1.29 is 29.0 Å². The van der Waals surface area contributed by atoms with Crippen molar-refractivity contribution in [3.63, 3.8) is 0 Å². The molecule has 340 valence electrons. The van der Waals surface area contributed by atoms with E-state index in [0.29, 0.717) is 54.9 Å². The number of amides is 2. The van der Waals surface area contributed by atoms with E-state index < -0.39 is 5.97 Å². The fourth-order valence-electron chi connectivity index (χ4n) is 6.08. The fourth-order valence-corrected chi connectivity index (χ4v) is 6.08. The summed E-state index contributed by atoms with van der Waals surface area (Å²) in [4.78, 5) is 49.3. The third-order valence-corrected chi connectivity index (χ3v) is 9.78. The first-order valence-corrected chi connectivity index (χ1v) is 21.2. The van der Waals surface area contributed by atoms with E-state index in [1.807, 2.05) is 48.5 Å². The van der Waals surface area contributed by atoms with Crippen LogP contribution in [-0.4, -0.2) is 108 Å². The van der Waals surface area contributed by atoms with Crippen LogP contribution < -0.4 is 25.8 Å². The number of carbonyl (C=O) groups is 3. The van der Waals surface area contributed by atoms with E-state index in [-0.39, 0.29) is 42.2 Å². The van der Waals surface area contributed by atoms with Gasteiger partial charge in [0.1, 0.15) is 0 Å². The molecule has 0 fully saturated rings. The van der Waals surface area contributed by atoms with Crippen molar-refractivity contribution >= 4 is 70.1 Å². The Labute approximate surface area is 380 Å². The van der Waals surface area contributed by atoms with E-state index >= 15 is 0 Å². The van der Waals surface area contributed by atoms with Crippen LogP contribution in [0.3, 0.4) is 0 Å². The van der Waals surface area contributed by atoms with Crippen LogP contribution in [0.2, 0.25) is 0 Å². The average Bonchev–Trinajstić information content (AvgIpc) is 3.26. The number of hydrogen-bond acceptors (Lipinski definition) is 10. The standard InChI is InChI=1S/2C20H29N3O2.C7H7NO2.2ClH/c2*1-4-7-14-25-19-15-17(16-10-8-9-11-18(16)22-19)20(24)21-12-13-23(5-2)6-3;8-6-4-2-1-3-5(6)7(9)10;;/h2*8-11,15H,4-7,12-14H2,1-3H3,(H,21,24);1-4H,8H2,(H,9,10);2*1H. The second-order valence-electron chi connectivity index (χ2n) is 13.9. The summed E-state index contributed by atoms with van der Waals surface area (Å²) in [7, 11) is 0. The molecule has 3 aromatic carbocycles. The highest BCUT2D eigenvalue weighted by Crippen LogP contribution is 2.24. The predicted molar refractivity (Wildman–Crippen MR) is 257 cm³/mol. The molecule has 0 atom stereocenters. The molecular weight excluding hydrogens is 829 g/mol. The lowest BCUT2D eigenvalue weighted by Gasteiger charge is -2.18. The average molecular weight is 897 g/mol. The summed E-state index contributed by atoms with van der Waals surface area (Å²) < 4.78 is 11.4. The molecule has 0 saturated carbocycles. The fraction of sp³-hybridized carbons (Fsp3) is 0.426. The summed E-state index contributed by atoms with van der Waals surface area (Å²) in [5.41, 5.74) is 8.61. The molecule has 0 saturated heterocycles. The van der Waals surface area contributed by atoms with Crippen LogP contribution >= 0.6 is 24.8 Å². The van der Waals surface area contributed by atoms with Crippen molar-refractivity contribution in [2.24, 2.45) is 0 Å². The first-order valence-electron chi connectivity index (χ1n) is 21.2. The highest BCUT2D eigenvalue weighted by atomic mass is 35.5. The molecule has 0 bridgehead atoms. The van der Waals surface area contributed by atoms with Gasteiger partial charge in [0.05, 0.1) is 40.9 Å². The Kier molecular flexibility index (Phi) is 27.2. The number of anilines is 1. The largest absolute Gasteiger partial charge is 0.478 e. The third kappa shape index (κ3) is 18.0. The molecule has 5 aromatic rings. The van der Waals surface area contributed by atoms with Gasteiger partial charge in [-0.05, 0) is 63.3 Å². The van der Waals surface area contributed by atoms with Crippen LogP contribution in [0, 0.1) is 0 Å². The van der Waals surface area contributed by atoms with E-state index in [1.54, 1.807) is 30.3 Å². The minimum Gasteiger partial charge on any atom is -0.478 e. The summed E-state index contributed by atoms with van der Waals surface area (Å²) in [5.74, 6) is -0.114. The monoisotopic (exact) mass is 895 g/mol. The first-order chi connectivity index (χ1) is 29.1. The minimum absolute atomic E-state index is 0. The Morgan fingerprint density at radius 3 is 1.34 bits per heavy atom. The van der Waals surface area contributed by atoms with Crippen LogP contribution in [-0.2, 0) is 0 Å². The Balaban J connectivity index is 0.000000495. The Morgan fingerprint density at radius 1 is 0.597 bits per heavy atom. The molecule has 13 nitrogen and oxygen atoms in total. The van der Waals surface area contributed by atoms with Crippen molar-refractivity contribution in [2.75, 3.05) is 71.3 Å². The maximum atomic E-state index is 12.7. The quantitative estimate of drug-likeness (QED) is 0.0410. The number of nitrogens with one attached hydrogen (secondary N) is 2. The zero-order valence-electron chi connectivity index (χ0n) is 37.2. The van der Waals surface area contributed by atoms with E-state index in [4.69, 9.17) is 20.3 Å². The lowest BCUT2D eigenvalue weighted by molar-refractivity contribution is 0.0697. The van der Waals surface area contributed by atoms with Crippen LogP contribution in [0.4, 0.5) is 5.69 Å². The number of para-hydroxylation sites is 3. The minimum atomic E-state index is -0.988. The van der Waals surface area contributed by atoms with Crippen LogP contribution in [0.25, 0.3) is 21.8 Å². The number of nitrogen functional groups attached to an aromatic ring is 1. The van der Waals surface area contributed by atoms with Gasteiger partial charge in [0, 0.05) is 54.8 Å². The number of benzene rings is 3. The van der Waals surface area contributed by atoms with Gasteiger partial charge >= 0.3 is 5.97 Å². The summed E-state index contributed by atoms with van der Waals surface area (Å²) in [6, 6.07) is 25.2. The van der Waals surface area contributed by atoms with Crippen molar-refractivity contribution in [1.29, 1.82) is 0 Å². The maximum absolute atomic E-state index is 12.7. The molecule has 0 spiro atoms. The number of aromatic carboxylic acids is 1. The molecule has 5 rings (SSSR count). The molecule has 2 aromatic heterocycles. The van der Waals surface area contributed by atoms with Gasteiger partial charge in [-0.25, -0.2) is 14.8 Å². The Morgan fingerprint density at radius 2 is 0.984 bits per heavy atom. The van der Waals surface area contributed by atoms with Crippen molar-refractivity contribution in [3.8, 4) is 11.8 Å². The van der Waals surface area contributed by atoms with E-state index in [1.165, 1.54) is 6.07 Å². The van der Waals surface area contributed by atoms with Gasteiger partial charge in [-0.15, -0.1) is 24.8 Å². The zero-order chi connectivity index (χ0) is 43.7. The summed E-state index contributed by atoms with van der Waals surface area (Å²) in [6.07, 6.45) is 4.07. The summed E-state index contributed by atoms with van der Waals surface area (Å²) >= 11 is 0. The number of nitrogens with two attached hydrogens (primary N) is 1. The Hall–Kier alpha value is -5.21. The molecule has 62 heavy (non-hydrogen) atoms. The highest BCUT2D eigenvalue weighted by molar-refractivity contribution is 6.07. The van der Waals surface area contributed by atoms with Crippen LogP contribution in [0.1, 0.15) is 98.3 Å². The number of unbranched alkanes of at least 4 members (excludes halogenated alkanes) is 2. The number of fused-ring (bicyclic) bond motifs is 2. The number of halogens is 2. The predicted octanol–water partition coefficient (Wildman–Crippen LogP) is 8.78. The number of rotatable bonds is 21. The van der Waals surface area contributed by atoms with Gasteiger partial charge < -0.3 is 40.7 Å². The SMILES string of the molecule is CCCCOc1cc(C(=O)NCCN(CC)CC)c2ccccc2n1.CCCCOc1cc(C(=O)NCCN(CC)CC)c2ccccc2n1.Cl.Cl.Nc1ccccc1C(=O)O. The van der Waals surface area contributed by atoms with E-state index in [9.17, 15) is 14.4 Å². The van der Waals surface area contributed by atoms with Gasteiger partial charge in [0.2, 0.25) is 11.8 Å². The molecule has 0 aliphatic rings. The van der Waals surface area contributed by atoms with Gasteiger partial charge in [0.15, 0.2) is 0 Å². The molecule has 2 heterocycles. The topological polar surface area (TPSA) is 172 Å². The maximum Gasteiger partial charge on any atom is 0.337 e. The molecular formula is C47H67Cl2N7O6. The molecule has 2 amide bonds. The normalized spacial score (nSPS) is 10.4. The summed E-state index contributed by atoms with van der Waals surface area (Å²) in [5, 5.41) is 16.2. The molecule has 0 aliphatic carbocycles. The van der Waals surface area contributed by atoms with Crippen LogP contribution in [0.5, 0.6) is 11.8 Å². The molecule has 0 unspecified atom stereocenters. The number of ether oxygens (including phenoxy) is 2. The Bertz CT molecular complexity index is 1960. The number of carboxylic acid groups (broad SMARTS) is 1. The van der Waals surface area contributed by atoms with Gasteiger partial charge in [0.25, 0.3) is 11.8 Å². The van der Waals surface area contributed by atoms with Gasteiger partial charge in [-0.2, -0.15) is 0 Å². The first kappa shape index (κ1) is 54.8. The number of carbonyl (C=O) groups excluding carboxylic acids is 2. The second-order valence-corrected chi connectivity index (χ2v) is 13.9. The van der Waals surface area contributed by atoms with Crippen molar-refractivity contribution in [1.82, 2.24) is 30.4 Å². The van der Waals surface area contributed by atoms with Crippen LogP contribution in [0.15, 0.2) is 84.9 Å². The van der Waals surface area contributed by atoms with Gasteiger partial charge in [-0.3, -0.25) is 9.59 Å². The van der Waals surface area contributed by atoms with Crippen molar-refractivity contribution in [3.05, 3.63) is 102 Å². The number of aromatic nitrogens is 2. The number of likely N-dealkylation sites (N-methyl/N-ethyl adjacent to an activating group) is 2. The number of carboxylic acids is 1. The number of hydrogen-bond donors (Lipinski definition) is 4. The smallest absolute Gasteiger partial charge is 0.337 e. The highest BCUT2D eigenvalue weighted by Gasteiger charge is 2.15. The summed E-state index contributed by atoms with van der Waals surface area (Å²) in [6.45, 7) is 20.9. The zero-order valence-corrected chi connectivity index (χ0v) is 38.8. The molecule has 15 heteroatoms. The lowest BCUT2D eigenvalue weighted by atomic mass is 10.1.